The van der Waals surface area contributed by atoms with Gasteiger partial charge in [-0.15, -0.1) is 0 Å². The summed E-state index contributed by atoms with van der Waals surface area (Å²) in [5, 5.41) is 9.77. The summed E-state index contributed by atoms with van der Waals surface area (Å²) in [6.45, 7) is 0. The molecule has 0 saturated heterocycles. The molecule has 0 radical (unpaired) electrons. The van der Waals surface area contributed by atoms with Gasteiger partial charge in [0.15, 0.2) is 11.5 Å². The minimum atomic E-state index is 0.627. The van der Waals surface area contributed by atoms with Crippen molar-refractivity contribution in [3.05, 3.63) is 224 Å². The van der Waals surface area contributed by atoms with E-state index in [-0.39, 0.29) is 0 Å². The Hall–Kier alpha value is -7.98. The lowest BCUT2D eigenvalue weighted by molar-refractivity contribution is 0.477. The Morgan fingerprint density at radius 3 is 1.69 bits per heavy atom. The first-order valence-corrected chi connectivity index (χ1v) is 21.0. The average molecular weight is 801 g/mol. The minimum absolute atomic E-state index is 0.627. The smallest absolute Gasteiger partial charge is 0.152 e. The number of nitrogens with zero attached hydrogens (tertiary/aromatic N) is 4. The first-order chi connectivity index (χ1) is 30.2. The van der Waals surface area contributed by atoms with Crippen LogP contribution in [-0.2, 0) is 0 Å². The van der Waals surface area contributed by atoms with Crippen LogP contribution in [0.2, 0.25) is 0 Å². The lowest BCUT2D eigenvalue weighted by Gasteiger charge is -2.34. The Morgan fingerprint density at radius 2 is 0.934 bits per heavy atom. The first kappa shape index (κ1) is 36.1. The average Bonchev–Trinajstić information content (AvgIpc) is 3.33. The largest absolute Gasteiger partial charge is 0.453 e. The summed E-state index contributed by atoms with van der Waals surface area (Å²) >= 11 is 1.77. The minimum Gasteiger partial charge on any atom is -0.453 e. The fourth-order valence-corrected chi connectivity index (χ4v) is 9.44. The van der Waals surface area contributed by atoms with Crippen LogP contribution in [-0.4, -0.2) is 0 Å². The molecule has 9 aromatic rings. The predicted octanol–water partition coefficient (Wildman–Crippen LogP) is 15.9. The van der Waals surface area contributed by atoms with E-state index in [2.05, 4.69) is 191 Å². The van der Waals surface area contributed by atoms with Crippen LogP contribution in [0.25, 0.3) is 22.3 Å². The van der Waals surface area contributed by atoms with Gasteiger partial charge in [0.05, 0.1) is 34.4 Å². The number of benzene rings is 9. The molecule has 0 atom stereocenters. The molecule has 0 fully saturated rings. The van der Waals surface area contributed by atoms with Crippen LogP contribution in [0.5, 0.6) is 11.5 Å². The van der Waals surface area contributed by atoms with E-state index in [0.29, 0.717) is 5.56 Å². The highest BCUT2D eigenvalue weighted by molar-refractivity contribution is 7.99. The third-order valence-corrected chi connectivity index (χ3v) is 12.3. The molecular weight excluding hydrogens is 765 g/mol. The maximum Gasteiger partial charge on any atom is 0.152 e. The molecule has 61 heavy (non-hydrogen) atoms. The van der Waals surface area contributed by atoms with Gasteiger partial charge in [-0.3, -0.25) is 0 Å². The van der Waals surface area contributed by atoms with E-state index in [9.17, 15) is 5.26 Å². The molecule has 2 heterocycles. The van der Waals surface area contributed by atoms with E-state index in [0.717, 1.165) is 89.2 Å². The summed E-state index contributed by atoms with van der Waals surface area (Å²) in [6.07, 6.45) is 0. The molecule has 6 heteroatoms. The van der Waals surface area contributed by atoms with E-state index in [1.807, 2.05) is 48.5 Å². The maximum atomic E-state index is 9.77. The zero-order chi connectivity index (χ0) is 40.7. The summed E-state index contributed by atoms with van der Waals surface area (Å²) in [5.74, 6) is 1.64. The zero-order valence-corrected chi connectivity index (χ0v) is 33.7. The quantitative estimate of drug-likeness (QED) is 0.160. The van der Waals surface area contributed by atoms with Crippen molar-refractivity contribution in [3.63, 3.8) is 0 Å². The van der Waals surface area contributed by atoms with E-state index < -0.39 is 0 Å². The second-order valence-corrected chi connectivity index (χ2v) is 16.0. The Kier molecular flexibility index (Phi) is 9.07. The number of para-hydroxylation sites is 4. The monoisotopic (exact) mass is 800 g/mol. The molecule has 2 aliphatic rings. The van der Waals surface area contributed by atoms with Crippen molar-refractivity contribution in [3.8, 4) is 39.8 Å². The lowest BCUT2D eigenvalue weighted by Crippen LogP contribution is -2.16. The molecule has 0 aromatic heterocycles. The summed E-state index contributed by atoms with van der Waals surface area (Å²) in [5.41, 5.74) is 14.5. The molecule has 2 aliphatic heterocycles. The number of rotatable bonds is 7. The van der Waals surface area contributed by atoms with Gasteiger partial charge in [-0.25, -0.2) is 0 Å². The Labute approximate surface area is 359 Å². The second kappa shape index (κ2) is 15.3. The molecule has 9 aromatic carbocycles. The topological polar surface area (TPSA) is 42.7 Å². The van der Waals surface area contributed by atoms with Gasteiger partial charge in [0, 0.05) is 38.2 Å². The zero-order valence-electron chi connectivity index (χ0n) is 32.9. The van der Waals surface area contributed by atoms with E-state index >= 15 is 0 Å². The molecule has 0 N–H and O–H groups in total. The maximum absolute atomic E-state index is 9.77. The van der Waals surface area contributed by atoms with Crippen LogP contribution < -0.4 is 19.4 Å². The van der Waals surface area contributed by atoms with Gasteiger partial charge in [0.25, 0.3) is 0 Å². The van der Waals surface area contributed by atoms with Crippen molar-refractivity contribution in [1.82, 2.24) is 0 Å². The fourth-order valence-electron chi connectivity index (χ4n) is 8.35. The molecule has 11 rings (SSSR count). The number of hydrogen-bond acceptors (Lipinski definition) is 6. The Morgan fingerprint density at radius 1 is 0.393 bits per heavy atom. The molecule has 5 nitrogen and oxygen atoms in total. The summed E-state index contributed by atoms with van der Waals surface area (Å²) in [4.78, 5) is 9.13. The van der Waals surface area contributed by atoms with Gasteiger partial charge in [0.2, 0.25) is 0 Å². The fraction of sp³-hybridized carbons (Fsp3) is 0. The predicted molar refractivity (Wildman–Crippen MR) is 250 cm³/mol. The summed E-state index contributed by atoms with van der Waals surface area (Å²) in [6, 6.07) is 78.5. The molecule has 0 amide bonds. The van der Waals surface area contributed by atoms with Crippen molar-refractivity contribution < 1.29 is 4.74 Å². The van der Waals surface area contributed by atoms with Crippen molar-refractivity contribution >= 4 is 62.9 Å². The van der Waals surface area contributed by atoms with Crippen LogP contribution >= 0.6 is 11.8 Å². The van der Waals surface area contributed by atoms with Crippen LogP contribution in [0, 0.1) is 11.3 Å². The molecule has 0 unspecified atom stereocenters. The summed E-state index contributed by atoms with van der Waals surface area (Å²) < 4.78 is 6.56. The van der Waals surface area contributed by atoms with Crippen molar-refractivity contribution in [2.75, 3.05) is 14.7 Å². The van der Waals surface area contributed by atoms with Crippen molar-refractivity contribution in [2.45, 2.75) is 9.79 Å². The van der Waals surface area contributed by atoms with Gasteiger partial charge in [-0.2, -0.15) is 5.26 Å². The third kappa shape index (κ3) is 6.64. The summed E-state index contributed by atoms with van der Waals surface area (Å²) in [7, 11) is 0. The third-order valence-electron chi connectivity index (χ3n) is 11.2. The number of ether oxygens (including phenoxy) is 1. The van der Waals surface area contributed by atoms with E-state index in [1.54, 1.807) is 11.8 Å². The Bertz CT molecular complexity index is 3110. The highest BCUT2D eigenvalue weighted by Gasteiger charge is 2.28. The van der Waals surface area contributed by atoms with E-state index in [4.69, 9.17) is 4.74 Å². The van der Waals surface area contributed by atoms with Gasteiger partial charge >= 0.3 is 0 Å². The highest BCUT2D eigenvalue weighted by atomic mass is 32.2. The number of anilines is 9. The number of nitriles is 1. The molecular formula is C55H36N4OS. The van der Waals surface area contributed by atoms with Gasteiger partial charge in [-0.1, -0.05) is 121 Å². The molecule has 0 saturated carbocycles. The van der Waals surface area contributed by atoms with Gasteiger partial charge in [0.1, 0.15) is 0 Å². The second-order valence-electron chi connectivity index (χ2n) is 14.9. The van der Waals surface area contributed by atoms with Crippen molar-refractivity contribution in [1.29, 1.82) is 5.26 Å². The SMILES string of the molecule is N#Cc1cccc(N2c3ccccc3Sc3cc(N(c4ccc(-c5ccccc5)cc4)c4ccc(-c5ccc6c(c5)Oc5ccccc5N6c5ccccc5)cc4)ccc32)c1. The van der Waals surface area contributed by atoms with Crippen LogP contribution in [0.3, 0.4) is 0 Å². The van der Waals surface area contributed by atoms with Gasteiger partial charge < -0.3 is 19.4 Å². The molecule has 0 aliphatic carbocycles. The normalized spacial score (nSPS) is 12.2. The lowest BCUT2D eigenvalue weighted by atomic mass is 10.0. The van der Waals surface area contributed by atoms with Crippen LogP contribution in [0.1, 0.15) is 5.56 Å². The van der Waals surface area contributed by atoms with Crippen molar-refractivity contribution in [2.24, 2.45) is 0 Å². The highest BCUT2D eigenvalue weighted by Crippen LogP contribution is 2.54. The molecule has 0 spiro atoms. The standard InChI is InChI=1S/C55H36N4OS/c56-37-38-12-11-17-46(34-38)59-50-19-8-10-21-54(50)61-55-36-47(31-33-51(55)59)57(44-27-22-40(23-28-44)39-13-3-1-4-14-39)45-29-24-41(25-30-45)42-26-32-49-53(35-42)60-52-20-9-7-18-48(52)58(49)43-15-5-2-6-16-43/h1-36H. The van der Waals surface area contributed by atoms with E-state index in [1.165, 1.54) is 5.56 Å². The van der Waals surface area contributed by atoms with Gasteiger partial charge in [-0.05, 0) is 131 Å². The molecule has 288 valence electrons. The van der Waals surface area contributed by atoms with Crippen LogP contribution in [0.4, 0.5) is 51.2 Å². The number of hydrogen-bond donors (Lipinski definition) is 0. The molecule has 0 bridgehead atoms. The van der Waals surface area contributed by atoms with Crippen LogP contribution in [0.15, 0.2) is 228 Å². The number of fused-ring (bicyclic) bond motifs is 4. The Balaban J connectivity index is 0.984. The first-order valence-electron chi connectivity index (χ1n) is 20.2.